The highest BCUT2D eigenvalue weighted by molar-refractivity contribution is 7.09. The zero-order valence-electron chi connectivity index (χ0n) is 15.4. The van der Waals surface area contributed by atoms with Crippen molar-refractivity contribution in [2.24, 2.45) is 17.6 Å². The highest BCUT2D eigenvalue weighted by Gasteiger charge is 2.34. The molecule has 1 aromatic rings. The van der Waals surface area contributed by atoms with Crippen LogP contribution in [0.5, 0.6) is 0 Å². The molecule has 7 heteroatoms. The number of carbonyl (C=O) groups is 1. The van der Waals surface area contributed by atoms with Gasteiger partial charge in [-0.1, -0.05) is 26.3 Å². The van der Waals surface area contributed by atoms with Gasteiger partial charge in [0.15, 0.2) is 0 Å². The van der Waals surface area contributed by atoms with Crippen LogP contribution >= 0.6 is 36.2 Å². The van der Waals surface area contributed by atoms with Crippen molar-refractivity contribution in [1.29, 1.82) is 0 Å². The highest BCUT2D eigenvalue weighted by Crippen LogP contribution is 2.32. The van der Waals surface area contributed by atoms with Crippen LogP contribution in [-0.4, -0.2) is 48.4 Å². The van der Waals surface area contributed by atoms with Crippen molar-refractivity contribution < 1.29 is 4.79 Å². The minimum Gasteiger partial charge on any atom is -0.336 e. The van der Waals surface area contributed by atoms with Crippen LogP contribution < -0.4 is 5.73 Å². The second-order valence-corrected chi connectivity index (χ2v) is 7.43. The predicted octanol–water partition coefficient (Wildman–Crippen LogP) is 3.64. The molecule has 0 aromatic carbocycles. The molecule has 0 unspecified atom stereocenters. The summed E-state index contributed by atoms with van der Waals surface area (Å²) in [6.45, 7) is 9.56. The lowest BCUT2D eigenvalue weighted by atomic mass is 9.94. The van der Waals surface area contributed by atoms with Crippen LogP contribution in [0.3, 0.4) is 0 Å². The Bertz CT molecular complexity index is 469. The van der Waals surface area contributed by atoms with Crippen LogP contribution in [0.4, 0.5) is 0 Å². The third-order valence-electron chi connectivity index (χ3n) is 5.10. The van der Waals surface area contributed by atoms with Crippen LogP contribution in [0.2, 0.25) is 0 Å². The molecule has 1 heterocycles. The number of likely N-dealkylation sites (N-methyl/N-ethyl adjacent to an activating group) is 1. The Morgan fingerprint density at radius 1 is 1.24 bits per heavy atom. The molecule has 4 nitrogen and oxygen atoms in total. The second kappa shape index (κ2) is 12.9. The number of nitrogens with two attached hydrogens (primary N) is 1. The van der Waals surface area contributed by atoms with Crippen LogP contribution in [0, 0.1) is 11.8 Å². The van der Waals surface area contributed by atoms with Crippen molar-refractivity contribution in [2.45, 2.75) is 39.7 Å². The Morgan fingerprint density at radius 2 is 1.96 bits per heavy atom. The van der Waals surface area contributed by atoms with Gasteiger partial charge in [-0.05, 0) is 49.8 Å². The molecule has 2 rings (SSSR count). The zero-order chi connectivity index (χ0) is 16.7. The van der Waals surface area contributed by atoms with E-state index in [1.54, 1.807) is 11.3 Å². The van der Waals surface area contributed by atoms with Gasteiger partial charge in [-0.25, -0.2) is 0 Å². The molecule has 0 saturated heterocycles. The van der Waals surface area contributed by atoms with E-state index in [2.05, 4.69) is 41.2 Å². The zero-order valence-corrected chi connectivity index (χ0v) is 17.8. The molecular formula is C18H33Cl2N3OS. The van der Waals surface area contributed by atoms with Gasteiger partial charge in [0.1, 0.15) is 0 Å². The molecule has 1 aromatic heterocycles. The molecule has 1 aliphatic carbocycles. The van der Waals surface area contributed by atoms with Crippen molar-refractivity contribution in [3.63, 3.8) is 0 Å². The van der Waals surface area contributed by atoms with Crippen molar-refractivity contribution in [3.05, 3.63) is 22.4 Å². The maximum absolute atomic E-state index is 13.1. The van der Waals surface area contributed by atoms with Crippen LogP contribution in [0.15, 0.2) is 17.5 Å². The topological polar surface area (TPSA) is 49.6 Å². The normalized spacial score (nSPS) is 19.4. The summed E-state index contributed by atoms with van der Waals surface area (Å²) in [4.78, 5) is 18.8. The molecule has 146 valence electrons. The Balaban J connectivity index is 0.00000288. The molecule has 2 atom stereocenters. The number of hydrogen-bond acceptors (Lipinski definition) is 4. The third kappa shape index (κ3) is 7.06. The van der Waals surface area contributed by atoms with Gasteiger partial charge in [-0.2, -0.15) is 0 Å². The van der Waals surface area contributed by atoms with E-state index in [1.807, 2.05) is 0 Å². The van der Waals surface area contributed by atoms with E-state index in [-0.39, 0.29) is 30.7 Å². The SMILES string of the molecule is CCN(CC)CCN(Cc1cccs1)C(=O)[C@@H]1CCC[C@@H]1CN.Cl.Cl. The molecule has 0 radical (unpaired) electrons. The van der Waals surface area contributed by atoms with Crippen LogP contribution in [0.1, 0.15) is 38.0 Å². The fourth-order valence-electron chi connectivity index (χ4n) is 3.54. The summed E-state index contributed by atoms with van der Waals surface area (Å²) in [5.74, 6) is 0.831. The van der Waals surface area contributed by atoms with E-state index >= 15 is 0 Å². The molecule has 0 spiro atoms. The number of hydrogen-bond donors (Lipinski definition) is 1. The number of thiophene rings is 1. The third-order valence-corrected chi connectivity index (χ3v) is 5.96. The molecule has 25 heavy (non-hydrogen) atoms. The lowest BCUT2D eigenvalue weighted by Crippen LogP contribution is -2.42. The lowest BCUT2D eigenvalue weighted by Gasteiger charge is -2.30. The highest BCUT2D eigenvalue weighted by atomic mass is 35.5. The van der Waals surface area contributed by atoms with Crippen molar-refractivity contribution in [2.75, 3.05) is 32.7 Å². The Hall–Kier alpha value is -0.330. The molecular weight excluding hydrogens is 377 g/mol. The summed E-state index contributed by atoms with van der Waals surface area (Å²) < 4.78 is 0. The maximum atomic E-state index is 13.1. The smallest absolute Gasteiger partial charge is 0.226 e. The van der Waals surface area contributed by atoms with Gasteiger partial charge in [0.2, 0.25) is 5.91 Å². The molecule has 1 amide bonds. The molecule has 0 aliphatic heterocycles. The molecule has 1 aliphatic rings. The Labute approximate surface area is 169 Å². The van der Waals surface area contributed by atoms with E-state index in [9.17, 15) is 4.79 Å². The summed E-state index contributed by atoms with van der Waals surface area (Å²) in [5, 5.41) is 2.08. The fraction of sp³-hybridized carbons (Fsp3) is 0.722. The van der Waals surface area contributed by atoms with E-state index in [0.717, 1.165) is 52.0 Å². The van der Waals surface area contributed by atoms with Crippen LogP contribution in [0.25, 0.3) is 0 Å². The van der Waals surface area contributed by atoms with Gasteiger partial charge in [0.25, 0.3) is 0 Å². The number of halogens is 2. The first-order valence-electron chi connectivity index (χ1n) is 8.93. The summed E-state index contributed by atoms with van der Waals surface area (Å²) in [7, 11) is 0. The molecule has 2 N–H and O–H groups in total. The summed E-state index contributed by atoms with van der Waals surface area (Å²) in [5.41, 5.74) is 5.89. The molecule has 1 saturated carbocycles. The number of nitrogens with zero attached hydrogens (tertiary/aromatic N) is 2. The molecule has 1 fully saturated rings. The van der Waals surface area contributed by atoms with Crippen molar-refractivity contribution in [1.82, 2.24) is 9.80 Å². The number of rotatable bonds is 9. The second-order valence-electron chi connectivity index (χ2n) is 6.40. The van der Waals surface area contributed by atoms with Crippen molar-refractivity contribution in [3.8, 4) is 0 Å². The minimum absolute atomic E-state index is 0. The largest absolute Gasteiger partial charge is 0.336 e. The molecule has 0 bridgehead atoms. The van der Waals surface area contributed by atoms with E-state index in [1.165, 1.54) is 4.88 Å². The Kier molecular flexibility index (Phi) is 12.8. The van der Waals surface area contributed by atoms with E-state index < -0.39 is 0 Å². The van der Waals surface area contributed by atoms with Gasteiger partial charge < -0.3 is 15.5 Å². The number of amides is 1. The monoisotopic (exact) mass is 409 g/mol. The van der Waals surface area contributed by atoms with E-state index in [4.69, 9.17) is 5.73 Å². The average molecular weight is 410 g/mol. The number of carbonyl (C=O) groups excluding carboxylic acids is 1. The van der Waals surface area contributed by atoms with Crippen LogP contribution in [-0.2, 0) is 11.3 Å². The quantitative estimate of drug-likeness (QED) is 0.676. The van der Waals surface area contributed by atoms with Gasteiger partial charge in [-0.15, -0.1) is 36.2 Å². The Morgan fingerprint density at radius 3 is 2.52 bits per heavy atom. The first-order valence-corrected chi connectivity index (χ1v) is 9.81. The maximum Gasteiger partial charge on any atom is 0.226 e. The first-order chi connectivity index (χ1) is 11.2. The predicted molar refractivity (Wildman–Crippen MR) is 112 cm³/mol. The van der Waals surface area contributed by atoms with Gasteiger partial charge >= 0.3 is 0 Å². The van der Waals surface area contributed by atoms with Gasteiger partial charge in [-0.3, -0.25) is 4.79 Å². The van der Waals surface area contributed by atoms with Gasteiger partial charge in [0, 0.05) is 23.9 Å². The average Bonchev–Trinajstić information content (AvgIpc) is 3.25. The summed E-state index contributed by atoms with van der Waals surface area (Å²) in [6.07, 6.45) is 3.25. The summed E-state index contributed by atoms with van der Waals surface area (Å²) in [6, 6.07) is 4.18. The van der Waals surface area contributed by atoms with Gasteiger partial charge in [0.05, 0.1) is 6.54 Å². The minimum atomic E-state index is 0. The summed E-state index contributed by atoms with van der Waals surface area (Å²) >= 11 is 1.73. The standard InChI is InChI=1S/C18H31N3OS.2ClH/c1-3-20(4-2)10-11-21(14-16-8-6-12-23-16)18(22)17-9-5-7-15(17)13-19;;/h6,8,12,15,17H,3-5,7,9-11,13-14,19H2,1-2H3;2*1H/t15-,17-;;/m1../s1. The fourth-order valence-corrected chi connectivity index (χ4v) is 4.26. The van der Waals surface area contributed by atoms with E-state index in [0.29, 0.717) is 18.4 Å². The van der Waals surface area contributed by atoms with Crippen molar-refractivity contribution >= 4 is 42.1 Å². The first kappa shape index (κ1) is 24.7. The lowest BCUT2D eigenvalue weighted by molar-refractivity contribution is -0.137.